The number of hydrogen-bond acceptors (Lipinski definition) is 2. The van der Waals surface area contributed by atoms with Crippen LogP contribution in [-0.4, -0.2) is 19.2 Å². The molecule has 0 aliphatic carbocycles. The first-order valence-electron chi connectivity index (χ1n) is 8.31. The molecule has 0 fully saturated rings. The van der Waals surface area contributed by atoms with Gasteiger partial charge in [0.15, 0.2) is 0 Å². The van der Waals surface area contributed by atoms with Crippen LogP contribution in [0.2, 0.25) is 0 Å². The van der Waals surface area contributed by atoms with Crippen molar-refractivity contribution in [3.05, 3.63) is 59.2 Å². The van der Waals surface area contributed by atoms with E-state index in [1.54, 1.807) is 0 Å². The summed E-state index contributed by atoms with van der Waals surface area (Å²) >= 11 is 0. The Hall–Kier alpha value is -2.49. The number of carbonyl (C=O) groups is 1. The lowest BCUT2D eigenvalue weighted by molar-refractivity contribution is 0.247. The molecule has 2 rings (SSSR count). The smallest absolute Gasteiger partial charge is 0.319 e. The topological polar surface area (TPSA) is 50.4 Å². The monoisotopic (exact) mass is 326 g/mol. The van der Waals surface area contributed by atoms with E-state index < -0.39 is 0 Å². The van der Waals surface area contributed by atoms with Crippen LogP contribution >= 0.6 is 0 Å². The van der Waals surface area contributed by atoms with E-state index in [9.17, 15) is 4.79 Å². The first-order chi connectivity index (χ1) is 11.5. The normalized spacial score (nSPS) is 10.5. The minimum Gasteiger partial charge on any atom is -0.492 e. The number of anilines is 1. The van der Waals surface area contributed by atoms with E-state index in [1.165, 1.54) is 5.56 Å². The van der Waals surface area contributed by atoms with Gasteiger partial charge in [-0.25, -0.2) is 4.79 Å². The molecule has 0 aliphatic rings. The standard InChI is InChI=1S/C20H26N2O2/c1-14(2)17-8-10-18(11-9-17)24-13-12-21-20(23)22-19-15(3)6-5-7-16(19)4/h5-11,14H,12-13H2,1-4H3,(H2,21,22,23). The van der Waals surface area contributed by atoms with E-state index in [0.29, 0.717) is 19.1 Å². The van der Waals surface area contributed by atoms with E-state index in [-0.39, 0.29) is 6.03 Å². The zero-order valence-electron chi connectivity index (χ0n) is 14.8. The van der Waals surface area contributed by atoms with Crippen LogP contribution in [-0.2, 0) is 0 Å². The van der Waals surface area contributed by atoms with Crippen molar-refractivity contribution in [1.29, 1.82) is 0 Å². The third kappa shape index (κ3) is 5.01. The molecule has 0 heterocycles. The average Bonchev–Trinajstić information content (AvgIpc) is 2.55. The van der Waals surface area contributed by atoms with Crippen molar-refractivity contribution in [1.82, 2.24) is 5.32 Å². The largest absolute Gasteiger partial charge is 0.492 e. The number of benzene rings is 2. The third-order valence-corrected chi connectivity index (χ3v) is 3.92. The number of carbonyl (C=O) groups excluding carboxylic acids is 1. The SMILES string of the molecule is Cc1cccc(C)c1NC(=O)NCCOc1ccc(C(C)C)cc1. The number of ether oxygens (including phenoxy) is 1. The van der Waals surface area contributed by atoms with Gasteiger partial charge in [0, 0.05) is 5.69 Å². The summed E-state index contributed by atoms with van der Waals surface area (Å²) in [6.07, 6.45) is 0. The van der Waals surface area contributed by atoms with E-state index in [0.717, 1.165) is 22.6 Å². The summed E-state index contributed by atoms with van der Waals surface area (Å²) in [5.74, 6) is 1.32. The molecule has 0 aliphatic heterocycles. The molecule has 0 saturated heterocycles. The van der Waals surface area contributed by atoms with Crippen LogP contribution in [0.1, 0.15) is 36.5 Å². The summed E-state index contributed by atoms with van der Waals surface area (Å²) in [5, 5.41) is 5.70. The van der Waals surface area contributed by atoms with E-state index in [2.05, 4.69) is 36.6 Å². The number of para-hydroxylation sites is 1. The zero-order valence-corrected chi connectivity index (χ0v) is 14.8. The summed E-state index contributed by atoms with van der Waals surface area (Å²) in [7, 11) is 0. The Balaban J connectivity index is 1.75. The number of amides is 2. The predicted molar refractivity (Wildman–Crippen MR) is 99.0 cm³/mol. The molecular weight excluding hydrogens is 300 g/mol. The lowest BCUT2D eigenvalue weighted by Crippen LogP contribution is -2.32. The molecule has 2 aromatic rings. The van der Waals surface area contributed by atoms with Crippen molar-refractivity contribution in [3.8, 4) is 5.75 Å². The predicted octanol–water partition coefficient (Wildman–Crippen LogP) is 4.63. The fraction of sp³-hybridized carbons (Fsp3) is 0.350. The molecule has 4 heteroatoms. The van der Waals surface area contributed by atoms with Crippen molar-refractivity contribution in [2.75, 3.05) is 18.5 Å². The van der Waals surface area contributed by atoms with Gasteiger partial charge in [0.2, 0.25) is 0 Å². The maximum atomic E-state index is 12.0. The maximum Gasteiger partial charge on any atom is 0.319 e. The van der Waals surface area contributed by atoms with Crippen LogP contribution in [0.5, 0.6) is 5.75 Å². The zero-order chi connectivity index (χ0) is 17.5. The van der Waals surface area contributed by atoms with Crippen LogP contribution < -0.4 is 15.4 Å². The van der Waals surface area contributed by atoms with Gasteiger partial charge in [-0.15, -0.1) is 0 Å². The van der Waals surface area contributed by atoms with Crippen molar-refractivity contribution in [3.63, 3.8) is 0 Å². The summed E-state index contributed by atoms with van der Waals surface area (Å²) in [6.45, 7) is 9.16. The molecule has 2 amide bonds. The number of urea groups is 1. The van der Waals surface area contributed by atoms with Crippen LogP contribution in [0.25, 0.3) is 0 Å². The van der Waals surface area contributed by atoms with Gasteiger partial charge < -0.3 is 15.4 Å². The highest BCUT2D eigenvalue weighted by molar-refractivity contribution is 5.90. The second kappa shape index (κ2) is 8.39. The Kier molecular flexibility index (Phi) is 6.24. The molecule has 0 atom stereocenters. The lowest BCUT2D eigenvalue weighted by Gasteiger charge is -2.13. The second-order valence-corrected chi connectivity index (χ2v) is 6.22. The number of nitrogens with one attached hydrogen (secondary N) is 2. The van der Waals surface area contributed by atoms with E-state index in [4.69, 9.17) is 4.74 Å². The minimum atomic E-state index is -0.217. The van der Waals surface area contributed by atoms with Gasteiger partial charge in [0.05, 0.1) is 6.54 Å². The molecule has 2 aromatic carbocycles. The fourth-order valence-corrected chi connectivity index (χ4v) is 2.45. The molecule has 2 N–H and O–H groups in total. The molecular formula is C20H26N2O2. The van der Waals surface area contributed by atoms with Crippen molar-refractivity contribution in [2.24, 2.45) is 0 Å². The van der Waals surface area contributed by atoms with Gasteiger partial charge in [-0.2, -0.15) is 0 Å². The van der Waals surface area contributed by atoms with Gasteiger partial charge >= 0.3 is 6.03 Å². The summed E-state index contributed by atoms with van der Waals surface area (Å²) in [6, 6.07) is 13.8. The van der Waals surface area contributed by atoms with Crippen LogP contribution in [0.4, 0.5) is 10.5 Å². The first-order valence-corrected chi connectivity index (χ1v) is 8.31. The minimum absolute atomic E-state index is 0.217. The Bertz CT molecular complexity index is 658. The maximum absolute atomic E-state index is 12.0. The van der Waals surface area contributed by atoms with E-state index >= 15 is 0 Å². The fourth-order valence-electron chi connectivity index (χ4n) is 2.45. The molecule has 0 aromatic heterocycles. The van der Waals surface area contributed by atoms with Crippen molar-refractivity contribution < 1.29 is 9.53 Å². The Morgan fingerprint density at radius 3 is 2.25 bits per heavy atom. The molecule has 24 heavy (non-hydrogen) atoms. The molecule has 0 radical (unpaired) electrons. The molecule has 0 bridgehead atoms. The van der Waals surface area contributed by atoms with Gasteiger partial charge in [-0.05, 0) is 48.6 Å². The second-order valence-electron chi connectivity index (χ2n) is 6.22. The molecule has 4 nitrogen and oxygen atoms in total. The van der Waals surface area contributed by atoms with Crippen LogP contribution in [0, 0.1) is 13.8 Å². The Labute approximate surface area is 144 Å². The lowest BCUT2D eigenvalue weighted by atomic mass is 10.0. The van der Waals surface area contributed by atoms with Gasteiger partial charge in [-0.1, -0.05) is 44.2 Å². The highest BCUT2D eigenvalue weighted by Crippen LogP contribution is 2.19. The van der Waals surface area contributed by atoms with Crippen LogP contribution in [0.3, 0.4) is 0 Å². The quantitative estimate of drug-likeness (QED) is 0.761. The molecule has 0 unspecified atom stereocenters. The Morgan fingerprint density at radius 1 is 1.04 bits per heavy atom. The van der Waals surface area contributed by atoms with Gasteiger partial charge in [0.1, 0.15) is 12.4 Å². The molecule has 128 valence electrons. The highest BCUT2D eigenvalue weighted by atomic mass is 16.5. The highest BCUT2D eigenvalue weighted by Gasteiger charge is 2.06. The number of rotatable bonds is 6. The van der Waals surface area contributed by atoms with Crippen molar-refractivity contribution in [2.45, 2.75) is 33.6 Å². The number of hydrogen-bond donors (Lipinski definition) is 2. The molecule has 0 spiro atoms. The average molecular weight is 326 g/mol. The number of aryl methyl sites for hydroxylation is 2. The Morgan fingerprint density at radius 2 is 1.67 bits per heavy atom. The van der Waals surface area contributed by atoms with E-state index in [1.807, 2.05) is 44.2 Å². The summed E-state index contributed by atoms with van der Waals surface area (Å²) in [5.41, 5.74) is 4.24. The van der Waals surface area contributed by atoms with Gasteiger partial charge in [0.25, 0.3) is 0 Å². The van der Waals surface area contributed by atoms with Crippen molar-refractivity contribution >= 4 is 11.7 Å². The third-order valence-electron chi connectivity index (χ3n) is 3.92. The van der Waals surface area contributed by atoms with Crippen LogP contribution in [0.15, 0.2) is 42.5 Å². The summed E-state index contributed by atoms with van der Waals surface area (Å²) < 4.78 is 5.65. The van der Waals surface area contributed by atoms with Gasteiger partial charge in [-0.3, -0.25) is 0 Å². The molecule has 0 saturated carbocycles. The summed E-state index contributed by atoms with van der Waals surface area (Å²) in [4.78, 5) is 12.0. The first kappa shape index (κ1) is 17.9.